The molecule has 0 bridgehead atoms. The summed E-state index contributed by atoms with van der Waals surface area (Å²) in [6, 6.07) is 13.3. The van der Waals surface area contributed by atoms with E-state index in [-0.39, 0.29) is 18.5 Å². The number of nitrogens with one attached hydrogen (secondary N) is 1. The van der Waals surface area contributed by atoms with Crippen LogP contribution in [0.3, 0.4) is 0 Å². The molecule has 0 saturated carbocycles. The van der Waals surface area contributed by atoms with Crippen LogP contribution < -0.4 is 10.2 Å². The van der Waals surface area contributed by atoms with Gasteiger partial charge in [-0.25, -0.2) is 0 Å². The summed E-state index contributed by atoms with van der Waals surface area (Å²) in [5.74, 6) is 0.0113. The Morgan fingerprint density at radius 2 is 1.81 bits per heavy atom. The first-order chi connectivity index (χ1) is 10.1. The lowest BCUT2D eigenvalue weighted by molar-refractivity contribution is -0.117. The zero-order valence-electron chi connectivity index (χ0n) is 11.4. The second-order valence-corrected chi connectivity index (χ2v) is 5.80. The van der Waals surface area contributed by atoms with Gasteiger partial charge in [0.15, 0.2) is 0 Å². The van der Waals surface area contributed by atoms with Crippen molar-refractivity contribution in [3.63, 3.8) is 0 Å². The fourth-order valence-electron chi connectivity index (χ4n) is 2.57. The van der Waals surface area contributed by atoms with Crippen LogP contribution in [0.4, 0.5) is 11.4 Å². The van der Waals surface area contributed by atoms with Crippen LogP contribution in [0, 0.1) is 0 Å². The molecule has 1 aliphatic rings. The van der Waals surface area contributed by atoms with Gasteiger partial charge in [-0.15, -0.1) is 0 Å². The van der Waals surface area contributed by atoms with E-state index >= 15 is 0 Å². The molecule has 0 radical (unpaired) electrons. The number of rotatable bonds is 2. The van der Waals surface area contributed by atoms with Gasteiger partial charge in [-0.05, 0) is 24.6 Å². The molecule has 0 fully saturated rings. The summed E-state index contributed by atoms with van der Waals surface area (Å²) in [7, 11) is 0. The number of halogens is 2. The van der Waals surface area contributed by atoms with Gasteiger partial charge in [0.25, 0.3) is 0 Å². The summed E-state index contributed by atoms with van der Waals surface area (Å²) in [6.07, 6.45) is 0. The molecule has 21 heavy (non-hydrogen) atoms. The van der Waals surface area contributed by atoms with E-state index in [1.165, 1.54) is 0 Å². The normalized spacial score (nSPS) is 15.4. The Kier molecular flexibility index (Phi) is 3.79. The van der Waals surface area contributed by atoms with E-state index in [0.29, 0.717) is 10.0 Å². The number of hydrogen-bond donors (Lipinski definition) is 1. The number of anilines is 2. The maximum absolute atomic E-state index is 12.4. The van der Waals surface area contributed by atoms with E-state index in [4.69, 9.17) is 23.2 Å². The van der Waals surface area contributed by atoms with Gasteiger partial charge in [0.1, 0.15) is 0 Å². The lowest BCUT2D eigenvalue weighted by atomic mass is 10.0. The van der Waals surface area contributed by atoms with Crippen LogP contribution in [-0.4, -0.2) is 12.5 Å². The molecule has 1 amide bonds. The van der Waals surface area contributed by atoms with Gasteiger partial charge >= 0.3 is 0 Å². The highest BCUT2D eigenvalue weighted by Crippen LogP contribution is 2.40. The van der Waals surface area contributed by atoms with E-state index in [2.05, 4.69) is 5.32 Å². The zero-order valence-corrected chi connectivity index (χ0v) is 12.9. The van der Waals surface area contributed by atoms with Crippen LogP contribution in [0.15, 0.2) is 42.5 Å². The van der Waals surface area contributed by atoms with E-state index < -0.39 is 0 Å². The average Bonchev–Trinajstić information content (AvgIpc) is 2.49. The predicted octanol–water partition coefficient (Wildman–Crippen LogP) is 4.51. The van der Waals surface area contributed by atoms with Crippen LogP contribution in [0.2, 0.25) is 10.0 Å². The molecule has 108 valence electrons. The van der Waals surface area contributed by atoms with Gasteiger partial charge in [-0.1, -0.05) is 53.5 Å². The summed E-state index contributed by atoms with van der Waals surface area (Å²) < 4.78 is 0. The molecule has 0 aliphatic carbocycles. The maximum Gasteiger partial charge on any atom is 0.246 e. The molecule has 0 saturated heterocycles. The molecule has 3 rings (SSSR count). The first kappa shape index (κ1) is 14.2. The minimum Gasteiger partial charge on any atom is -0.374 e. The lowest BCUT2D eigenvalue weighted by Crippen LogP contribution is -2.41. The highest BCUT2D eigenvalue weighted by molar-refractivity contribution is 6.42. The highest BCUT2D eigenvalue weighted by Gasteiger charge is 2.29. The van der Waals surface area contributed by atoms with E-state index in [0.717, 1.165) is 16.9 Å². The molecular formula is C16H14Cl2N2O. The smallest absolute Gasteiger partial charge is 0.246 e. The summed E-state index contributed by atoms with van der Waals surface area (Å²) in [5.41, 5.74) is 2.66. The van der Waals surface area contributed by atoms with Crippen molar-refractivity contribution in [1.29, 1.82) is 0 Å². The molecule has 1 atom stereocenters. The maximum atomic E-state index is 12.4. The number of carbonyl (C=O) groups is 1. The van der Waals surface area contributed by atoms with E-state index in [1.54, 1.807) is 17.0 Å². The van der Waals surface area contributed by atoms with Crippen molar-refractivity contribution in [3.05, 3.63) is 58.1 Å². The fourth-order valence-corrected chi connectivity index (χ4v) is 2.89. The molecule has 1 heterocycles. The van der Waals surface area contributed by atoms with Gasteiger partial charge in [0, 0.05) is 0 Å². The SMILES string of the molecule is CC(c1ccccc1)N1C(=O)CNc2cc(Cl)c(Cl)cc21. The minimum absolute atomic E-state index is 0.0113. The van der Waals surface area contributed by atoms with Gasteiger partial charge < -0.3 is 10.2 Å². The quantitative estimate of drug-likeness (QED) is 0.882. The van der Waals surface area contributed by atoms with Gasteiger partial charge in [-0.2, -0.15) is 0 Å². The standard InChI is InChI=1S/C16H14Cl2N2O/c1-10(11-5-3-2-4-6-11)20-15-8-13(18)12(17)7-14(15)19-9-16(20)21/h2-8,10,19H,9H2,1H3. The third kappa shape index (κ3) is 2.59. The third-order valence-corrected chi connectivity index (χ3v) is 4.39. The fraction of sp³-hybridized carbons (Fsp3) is 0.188. The van der Waals surface area contributed by atoms with Crippen LogP contribution >= 0.6 is 23.2 Å². The van der Waals surface area contributed by atoms with Crippen LogP contribution in [0.5, 0.6) is 0 Å². The Balaban J connectivity index is 2.07. The summed E-state index contributed by atoms with van der Waals surface area (Å²) >= 11 is 12.2. The van der Waals surface area contributed by atoms with Crippen molar-refractivity contribution < 1.29 is 4.79 Å². The number of benzene rings is 2. The Hall–Kier alpha value is -1.71. The molecule has 1 unspecified atom stereocenters. The van der Waals surface area contributed by atoms with Gasteiger partial charge in [0.2, 0.25) is 5.91 Å². The number of fused-ring (bicyclic) bond motifs is 1. The van der Waals surface area contributed by atoms with Crippen LogP contribution in [-0.2, 0) is 4.79 Å². The monoisotopic (exact) mass is 320 g/mol. The molecule has 2 aromatic carbocycles. The Morgan fingerprint density at radius 1 is 1.14 bits per heavy atom. The minimum atomic E-state index is -0.0724. The van der Waals surface area contributed by atoms with Crippen molar-refractivity contribution >= 4 is 40.5 Å². The molecular weight excluding hydrogens is 307 g/mol. The Bertz CT molecular complexity index is 688. The van der Waals surface area contributed by atoms with E-state index in [9.17, 15) is 4.79 Å². The molecule has 5 heteroatoms. The van der Waals surface area contributed by atoms with Crippen LogP contribution in [0.25, 0.3) is 0 Å². The largest absolute Gasteiger partial charge is 0.374 e. The lowest BCUT2D eigenvalue weighted by Gasteiger charge is -2.35. The van der Waals surface area contributed by atoms with Crippen molar-refractivity contribution in [1.82, 2.24) is 0 Å². The molecule has 0 aromatic heterocycles. The zero-order chi connectivity index (χ0) is 15.0. The molecule has 0 spiro atoms. The van der Waals surface area contributed by atoms with Crippen molar-refractivity contribution in [2.75, 3.05) is 16.8 Å². The topological polar surface area (TPSA) is 32.3 Å². The second kappa shape index (κ2) is 5.58. The molecule has 1 N–H and O–H groups in total. The molecule has 2 aromatic rings. The van der Waals surface area contributed by atoms with E-state index in [1.807, 2.05) is 37.3 Å². The predicted molar refractivity (Wildman–Crippen MR) is 87.3 cm³/mol. The van der Waals surface area contributed by atoms with Crippen molar-refractivity contribution in [2.24, 2.45) is 0 Å². The third-order valence-electron chi connectivity index (χ3n) is 3.67. The molecule has 1 aliphatic heterocycles. The van der Waals surface area contributed by atoms with Gasteiger partial charge in [-0.3, -0.25) is 4.79 Å². The first-order valence-electron chi connectivity index (χ1n) is 6.68. The average molecular weight is 321 g/mol. The highest BCUT2D eigenvalue weighted by atomic mass is 35.5. The summed E-state index contributed by atoms with van der Waals surface area (Å²) in [4.78, 5) is 14.1. The number of nitrogens with zero attached hydrogens (tertiary/aromatic N) is 1. The second-order valence-electron chi connectivity index (χ2n) is 4.99. The van der Waals surface area contributed by atoms with Crippen LogP contribution in [0.1, 0.15) is 18.5 Å². The van der Waals surface area contributed by atoms with Crippen molar-refractivity contribution in [2.45, 2.75) is 13.0 Å². The summed E-state index contributed by atoms with van der Waals surface area (Å²) in [5, 5.41) is 4.00. The van der Waals surface area contributed by atoms with Crippen molar-refractivity contribution in [3.8, 4) is 0 Å². The number of carbonyl (C=O) groups excluding carboxylic acids is 1. The van der Waals surface area contributed by atoms with Gasteiger partial charge in [0.05, 0.1) is 34.0 Å². The number of hydrogen-bond acceptors (Lipinski definition) is 2. The Labute approximate surface area is 133 Å². The Morgan fingerprint density at radius 3 is 2.52 bits per heavy atom. The first-order valence-corrected chi connectivity index (χ1v) is 7.43. The number of amides is 1. The summed E-state index contributed by atoms with van der Waals surface area (Å²) in [6.45, 7) is 2.26. The molecule has 3 nitrogen and oxygen atoms in total.